The molecule has 0 bridgehead atoms. The van der Waals surface area contributed by atoms with E-state index >= 15 is 0 Å². The summed E-state index contributed by atoms with van der Waals surface area (Å²) in [5, 5.41) is 0. The largest absolute Gasteiger partial charge is 0.355 e. The Balaban J connectivity index is 2.25. The van der Waals surface area contributed by atoms with E-state index in [1.54, 1.807) is 0 Å². The molecule has 3 nitrogen and oxygen atoms in total. The van der Waals surface area contributed by atoms with Gasteiger partial charge in [0, 0.05) is 36.4 Å². The van der Waals surface area contributed by atoms with Crippen molar-refractivity contribution in [3.05, 3.63) is 57.7 Å². The predicted molar refractivity (Wildman–Crippen MR) is 83.1 cm³/mol. The molecule has 1 heterocycles. The number of anilines is 1. The predicted octanol–water partition coefficient (Wildman–Crippen LogP) is 3.25. The quantitative estimate of drug-likeness (QED) is 0.940. The van der Waals surface area contributed by atoms with Crippen molar-refractivity contribution in [3.8, 4) is 0 Å². The summed E-state index contributed by atoms with van der Waals surface area (Å²) in [5.74, 6) is 0.961. The lowest BCUT2D eigenvalue weighted by Gasteiger charge is -2.22. The van der Waals surface area contributed by atoms with E-state index < -0.39 is 0 Å². The van der Waals surface area contributed by atoms with Crippen LogP contribution in [-0.2, 0) is 13.1 Å². The average Bonchev–Trinajstić information content (AvgIpc) is 2.38. The Labute approximate surface area is 122 Å². The molecule has 0 atom stereocenters. The van der Waals surface area contributed by atoms with Crippen LogP contribution in [0.15, 0.2) is 41.0 Å². The van der Waals surface area contributed by atoms with Crippen LogP contribution in [0.1, 0.15) is 16.7 Å². The maximum absolute atomic E-state index is 5.83. The lowest BCUT2D eigenvalue weighted by atomic mass is 10.1. The smallest absolute Gasteiger partial charge is 0.133 e. The van der Waals surface area contributed by atoms with Gasteiger partial charge in [-0.25, -0.2) is 4.98 Å². The first kappa shape index (κ1) is 14.0. The number of aryl methyl sites for hydroxylation is 1. The zero-order valence-electron chi connectivity index (χ0n) is 11.2. The molecule has 100 valence electrons. The molecular weight excluding hydrogens is 302 g/mol. The van der Waals surface area contributed by atoms with E-state index in [0.717, 1.165) is 22.4 Å². The first-order chi connectivity index (χ1) is 9.11. The minimum absolute atomic E-state index is 0.512. The van der Waals surface area contributed by atoms with Gasteiger partial charge in [-0.2, -0.15) is 0 Å². The van der Waals surface area contributed by atoms with Crippen LogP contribution in [0.3, 0.4) is 0 Å². The number of hydrogen-bond acceptors (Lipinski definition) is 3. The highest BCUT2D eigenvalue weighted by atomic mass is 79.9. The topological polar surface area (TPSA) is 42.2 Å². The molecule has 0 saturated carbocycles. The fourth-order valence-electron chi connectivity index (χ4n) is 2.14. The second-order valence-electron chi connectivity index (χ2n) is 4.62. The van der Waals surface area contributed by atoms with Gasteiger partial charge in [-0.15, -0.1) is 0 Å². The fourth-order valence-corrected chi connectivity index (χ4v) is 2.59. The van der Waals surface area contributed by atoms with Crippen LogP contribution in [0.4, 0.5) is 5.82 Å². The second kappa shape index (κ2) is 6.17. The highest BCUT2D eigenvalue weighted by molar-refractivity contribution is 9.10. The molecule has 0 aliphatic carbocycles. The monoisotopic (exact) mass is 319 g/mol. The highest BCUT2D eigenvalue weighted by Crippen LogP contribution is 2.21. The molecule has 0 unspecified atom stereocenters. The number of pyridine rings is 1. The number of benzene rings is 1. The van der Waals surface area contributed by atoms with Gasteiger partial charge < -0.3 is 10.6 Å². The van der Waals surface area contributed by atoms with Crippen molar-refractivity contribution in [3.63, 3.8) is 0 Å². The normalized spacial score (nSPS) is 10.5. The summed E-state index contributed by atoms with van der Waals surface area (Å²) in [6.45, 7) is 3.39. The molecule has 0 spiro atoms. The first-order valence-corrected chi connectivity index (χ1v) is 7.01. The first-order valence-electron chi connectivity index (χ1n) is 6.22. The summed E-state index contributed by atoms with van der Waals surface area (Å²) >= 11 is 3.49. The van der Waals surface area contributed by atoms with Gasteiger partial charge in [-0.1, -0.05) is 28.1 Å². The van der Waals surface area contributed by atoms with Crippen molar-refractivity contribution in [2.24, 2.45) is 5.73 Å². The van der Waals surface area contributed by atoms with Crippen molar-refractivity contribution in [1.29, 1.82) is 0 Å². The minimum Gasteiger partial charge on any atom is -0.355 e. The number of halogens is 1. The van der Waals surface area contributed by atoms with Gasteiger partial charge in [0.15, 0.2) is 0 Å². The van der Waals surface area contributed by atoms with Crippen molar-refractivity contribution in [2.75, 3.05) is 11.9 Å². The Morgan fingerprint density at radius 2 is 2.11 bits per heavy atom. The summed E-state index contributed by atoms with van der Waals surface area (Å²) in [5.41, 5.74) is 9.37. The van der Waals surface area contributed by atoms with E-state index in [0.29, 0.717) is 6.54 Å². The molecular formula is C15H18BrN3. The number of rotatable bonds is 4. The number of nitrogens with two attached hydrogens (primary N) is 1. The van der Waals surface area contributed by atoms with Crippen molar-refractivity contribution in [1.82, 2.24) is 4.98 Å². The van der Waals surface area contributed by atoms with Gasteiger partial charge in [-0.3, -0.25) is 0 Å². The Morgan fingerprint density at radius 3 is 2.79 bits per heavy atom. The lowest BCUT2D eigenvalue weighted by molar-refractivity contribution is 0.871. The lowest BCUT2D eigenvalue weighted by Crippen LogP contribution is -2.21. The number of hydrogen-bond donors (Lipinski definition) is 1. The van der Waals surface area contributed by atoms with E-state index in [9.17, 15) is 0 Å². The number of nitrogens with zero attached hydrogens (tertiary/aromatic N) is 2. The third-order valence-corrected chi connectivity index (χ3v) is 3.64. The minimum atomic E-state index is 0.512. The molecule has 0 aliphatic rings. The summed E-state index contributed by atoms with van der Waals surface area (Å²) in [6.07, 6.45) is 1.83. The van der Waals surface area contributed by atoms with Crippen LogP contribution in [0.25, 0.3) is 0 Å². The van der Waals surface area contributed by atoms with Crippen molar-refractivity contribution >= 4 is 21.7 Å². The Hall–Kier alpha value is -1.39. The van der Waals surface area contributed by atoms with E-state index in [4.69, 9.17) is 5.73 Å². The van der Waals surface area contributed by atoms with Crippen LogP contribution in [0, 0.1) is 6.92 Å². The molecule has 2 aromatic rings. The van der Waals surface area contributed by atoms with Gasteiger partial charge in [0.2, 0.25) is 0 Å². The van der Waals surface area contributed by atoms with Gasteiger partial charge in [0.25, 0.3) is 0 Å². The summed E-state index contributed by atoms with van der Waals surface area (Å²) in [6, 6.07) is 10.3. The van der Waals surface area contributed by atoms with Crippen LogP contribution < -0.4 is 10.6 Å². The standard InChI is InChI=1S/C15H18BrN3/c1-11-6-7-18-15(14(11)9-17)19(2)10-12-4-3-5-13(16)8-12/h3-8H,9-10,17H2,1-2H3. The average molecular weight is 320 g/mol. The highest BCUT2D eigenvalue weighted by Gasteiger charge is 2.10. The maximum atomic E-state index is 5.83. The molecule has 0 radical (unpaired) electrons. The molecule has 4 heteroatoms. The van der Waals surface area contributed by atoms with E-state index in [-0.39, 0.29) is 0 Å². The third-order valence-electron chi connectivity index (χ3n) is 3.14. The molecule has 0 fully saturated rings. The van der Waals surface area contributed by atoms with Gasteiger partial charge in [-0.05, 0) is 36.2 Å². The van der Waals surface area contributed by atoms with E-state index in [1.165, 1.54) is 11.1 Å². The molecule has 2 N–H and O–H groups in total. The third kappa shape index (κ3) is 3.33. The molecule has 2 rings (SSSR count). The second-order valence-corrected chi connectivity index (χ2v) is 5.54. The van der Waals surface area contributed by atoms with E-state index in [2.05, 4.69) is 44.9 Å². The van der Waals surface area contributed by atoms with Crippen molar-refractivity contribution in [2.45, 2.75) is 20.0 Å². The van der Waals surface area contributed by atoms with Gasteiger partial charge in [0.05, 0.1) is 0 Å². The van der Waals surface area contributed by atoms with Crippen LogP contribution in [-0.4, -0.2) is 12.0 Å². The molecule has 0 amide bonds. The van der Waals surface area contributed by atoms with E-state index in [1.807, 2.05) is 31.4 Å². The zero-order valence-corrected chi connectivity index (χ0v) is 12.8. The summed E-state index contributed by atoms with van der Waals surface area (Å²) in [7, 11) is 2.04. The molecule has 0 saturated heterocycles. The zero-order chi connectivity index (χ0) is 13.8. The van der Waals surface area contributed by atoms with Gasteiger partial charge in [0.1, 0.15) is 5.82 Å². The fraction of sp³-hybridized carbons (Fsp3) is 0.267. The maximum Gasteiger partial charge on any atom is 0.133 e. The van der Waals surface area contributed by atoms with Gasteiger partial charge >= 0.3 is 0 Å². The molecule has 1 aromatic heterocycles. The van der Waals surface area contributed by atoms with Crippen molar-refractivity contribution < 1.29 is 0 Å². The summed E-state index contributed by atoms with van der Waals surface area (Å²) in [4.78, 5) is 6.60. The molecule has 0 aliphatic heterocycles. The Morgan fingerprint density at radius 1 is 1.32 bits per heavy atom. The Bertz CT molecular complexity index is 569. The number of aromatic nitrogens is 1. The SMILES string of the molecule is Cc1ccnc(N(C)Cc2cccc(Br)c2)c1CN. The van der Waals surface area contributed by atoms with Crippen LogP contribution >= 0.6 is 15.9 Å². The molecule has 1 aromatic carbocycles. The Kier molecular flexibility index (Phi) is 4.56. The molecule has 19 heavy (non-hydrogen) atoms. The van der Waals surface area contributed by atoms with Crippen LogP contribution in [0.2, 0.25) is 0 Å². The van der Waals surface area contributed by atoms with Crippen LogP contribution in [0.5, 0.6) is 0 Å². The summed E-state index contributed by atoms with van der Waals surface area (Å²) < 4.78 is 1.09.